The van der Waals surface area contributed by atoms with Gasteiger partial charge in [0.1, 0.15) is 6.61 Å². The summed E-state index contributed by atoms with van der Waals surface area (Å²) in [7, 11) is 0. The predicted molar refractivity (Wildman–Crippen MR) is 161 cm³/mol. The number of esters is 2. The first-order valence-corrected chi connectivity index (χ1v) is 13.6. The lowest BCUT2D eigenvalue weighted by molar-refractivity contribution is 0.0464. The number of phenols is 2. The van der Waals surface area contributed by atoms with Crippen molar-refractivity contribution in [2.75, 3.05) is 0 Å². The molecule has 0 bridgehead atoms. The highest BCUT2D eigenvalue weighted by Gasteiger charge is 2.37. The van der Waals surface area contributed by atoms with Crippen molar-refractivity contribution in [1.82, 2.24) is 0 Å². The van der Waals surface area contributed by atoms with Gasteiger partial charge in [-0.15, -0.1) is 0 Å². The van der Waals surface area contributed by atoms with Crippen LogP contribution < -0.4 is 4.74 Å². The maximum atomic E-state index is 14.1. The van der Waals surface area contributed by atoms with Gasteiger partial charge in [-0.05, 0) is 24.6 Å². The summed E-state index contributed by atoms with van der Waals surface area (Å²) in [5.74, 6) is -6.78. The van der Waals surface area contributed by atoms with E-state index in [1.54, 1.807) is 72.8 Å². The number of ketones is 2. The summed E-state index contributed by atoms with van der Waals surface area (Å²) >= 11 is 0. The molecular weight excluding hydrogens is 560 g/mol. The number of benzene rings is 5. The number of hydrogen-bond acceptors (Lipinski definition) is 8. The van der Waals surface area contributed by atoms with Crippen molar-refractivity contribution < 1.29 is 38.9 Å². The third-order valence-corrected chi connectivity index (χ3v) is 6.79. The van der Waals surface area contributed by atoms with Gasteiger partial charge >= 0.3 is 11.9 Å². The molecule has 0 atom stereocenters. The molecule has 0 radical (unpaired) electrons. The van der Waals surface area contributed by atoms with E-state index in [9.17, 15) is 29.4 Å². The normalized spacial score (nSPS) is 10.6. The first-order valence-electron chi connectivity index (χ1n) is 13.6. The Morgan fingerprint density at radius 1 is 0.568 bits per heavy atom. The van der Waals surface area contributed by atoms with Crippen LogP contribution in [0.15, 0.2) is 115 Å². The van der Waals surface area contributed by atoms with Crippen LogP contribution in [0.25, 0.3) is 0 Å². The number of carbonyl (C=O) groups excluding carboxylic acids is 4. The minimum absolute atomic E-state index is 0.0560. The van der Waals surface area contributed by atoms with Crippen LogP contribution in [-0.2, 0) is 11.3 Å². The Hall–Kier alpha value is -6.02. The standard InChI is InChI=1S/C36H26O8/c1-22-12-11-13-23(20-22)21-43-36(42)27-28(30(37)24-14-5-2-6-15-24)32(39)33(40)34(44-35(41)26-18-9-4-10-19-26)29(27)31(38)25-16-7-3-8-17-25/h2-20,39-40H,21H2,1H3. The fourth-order valence-electron chi connectivity index (χ4n) is 4.66. The van der Waals surface area contributed by atoms with Crippen LogP contribution in [0.3, 0.4) is 0 Å². The van der Waals surface area contributed by atoms with Crippen LogP contribution in [0.1, 0.15) is 63.7 Å². The van der Waals surface area contributed by atoms with Crippen LogP contribution in [-0.4, -0.2) is 33.7 Å². The summed E-state index contributed by atoms with van der Waals surface area (Å²) in [4.78, 5) is 55.0. The average molecular weight is 587 g/mol. The van der Waals surface area contributed by atoms with Crippen LogP contribution in [0.5, 0.6) is 17.2 Å². The Kier molecular flexibility index (Phi) is 8.62. The molecule has 0 aromatic heterocycles. The van der Waals surface area contributed by atoms with Gasteiger partial charge in [-0.3, -0.25) is 9.59 Å². The molecule has 0 aliphatic heterocycles. The molecule has 0 spiro atoms. The van der Waals surface area contributed by atoms with E-state index < -0.39 is 57.4 Å². The largest absolute Gasteiger partial charge is 0.504 e. The third kappa shape index (κ3) is 6.10. The third-order valence-electron chi connectivity index (χ3n) is 6.79. The minimum Gasteiger partial charge on any atom is -0.504 e. The number of hydrogen-bond donors (Lipinski definition) is 2. The number of aryl methyl sites for hydroxylation is 1. The first kappa shape index (κ1) is 29.5. The molecule has 8 nitrogen and oxygen atoms in total. The topological polar surface area (TPSA) is 127 Å². The second-order valence-electron chi connectivity index (χ2n) is 9.86. The monoisotopic (exact) mass is 586 g/mol. The Balaban J connectivity index is 1.75. The maximum absolute atomic E-state index is 14.1. The number of phenolic OH excluding ortho intramolecular Hbond substituents is 2. The molecule has 2 N–H and O–H groups in total. The van der Waals surface area contributed by atoms with Crippen LogP contribution in [0.2, 0.25) is 0 Å². The Bertz CT molecular complexity index is 1860. The second-order valence-corrected chi connectivity index (χ2v) is 9.86. The molecule has 5 rings (SSSR count). The van der Waals surface area contributed by atoms with Gasteiger partial charge in [-0.2, -0.15) is 0 Å². The van der Waals surface area contributed by atoms with Crippen LogP contribution in [0.4, 0.5) is 0 Å². The molecule has 0 saturated heterocycles. The molecule has 5 aromatic rings. The highest BCUT2D eigenvalue weighted by molar-refractivity contribution is 6.24. The molecule has 0 amide bonds. The van der Waals surface area contributed by atoms with Gasteiger partial charge in [-0.1, -0.05) is 109 Å². The zero-order valence-corrected chi connectivity index (χ0v) is 23.5. The first-order chi connectivity index (χ1) is 21.3. The molecule has 0 saturated carbocycles. The molecule has 0 unspecified atom stereocenters. The summed E-state index contributed by atoms with van der Waals surface area (Å²) in [6, 6.07) is 30.3. The van der Waals surface area contributed by atoms with Crippen molar-refractivity contribution in [1.29, 1.82) is 0 Å². The maximum Gasteiger partial charge on any atom is 0.343 e. The van der Waals surface area contributed by atoms with Gasteiger partial charge in [-0.25, -0.2) is 9.59 Å². The molecule has 5 aromatic carbocycles. The van der Waals surface area contributed by atoms with E-state index in [1.807, 2.05) is 13.0 Å². The fraction of sp³-hybridized carbons (Fsp3) is 0.0556. The molecule has 218 valence electrons. The fourth-order valence-corrected chi connectivity index (χ4v) is 4.66. The molecule has 0 fully saturated rings. The quantitative estimate of drug-likeness (QED) is 0.0874. The van der Waals surface area contributed by atoms with Gasteiger partial charge in [0.15, 0.2) is 23.1 Å². The van der Waals surface area contributed by atoms with E-state index in [4.69, 9.17) is 9.47 Å². The summed E-state index contributed by atoms with van der Waals surface area (Å²) < 4.78 is 11.1. The molecule has 0 aliphatic carbocycles. The van der Waals surface area contributed by atoms with Crippen molar-refractivity contribution >= 4 is 23.5 Å². The number of carbonyl (C=O) groups is 4. The van der Waals surface area contributed by atoms with Crippen molar-refractivity contribution in [3.63, 3.8) is 0 Å². The Morgan fingerprint density at radius 2 is 1.09 bits per heavy atom. The summed E-state index contributed by atoms with van der Waals surface area (Å²) in [6.07, 6.45) is 0. The van der Waals surface area contributed by atoms with E-state index in [0.29, 0.717) is 5.56 Å². The number of aromatic hydroxyl groups is 2. The molecule has 44 heavy (non-hydrogen) atoms. The Labute approximate surface area is 252 Å². The molecule has 0 heterocycles. The molecular formula is C36H26O8. The van der Waals surface area contributed by atoms with Crippen molar-refractivity contribution in [3.8, 4) is 17.2 Å². The average Bonchev–Trinajstić information content (AvgIpc) is 3.06. The van der Waals surface area contributed by atoms with Gasteiger partial charge < -0.3 is 19.7 Å². The van der Waals surface area contributed by atoms with Crippen molar-refractivity contribution in [2.45, 2.75) is 13.5 Å². The lowest BCUT2D eigenvalue weighted by Gasteiger charge is -2.20. The van der Waals surface area contributed by atoms with E-state index in [0.717, 1.165) is 5.56 Å². The van der Waals surface area contributed by atoms with Crippen LogP contribution in [0, 0.1) is 6.92 Å². The van der Waals surface area contributed by atoms with Gasteiger partial charge in [0, 0.05) is 11.1 Å². The lowest BCUT2D eigenvalue weighted by Crippen LogP contribution is -2.21. The summed E-state index contributed by atoms with van der Waals surface area (Å²) in [5, 5.41) is 22.4. The van der Waals surface area contributed by atoms with E-state index >= 15 is 0 Å². The van der Waals surface area contributed by atoms with E-state index in [1.165, 1.54) is 36.4 Å². The van der Waals surface area contributed by atoms with Gasteiger partial charge in [0.2, 0.25) is 5.75 Å². The minimum atomic E-state index is -1.16. The lowest BCUT2D eigenvalue weighted by atomic mass is 9.88. The van der Waals surface area contributed by atoms with Gasteiger partial charge in [0.05, 0.1) is 22.3 Å². The predicted octanol–water partition coefficient (Wildman–Crippen LogP) is 6.44. The van der Waals surface area contributed by atoms with E-state index in [2.05, 4.69) is 0 Å². The highest BCUT2D eigenvalue weighted by atomic mass is 16.5. The summed E-state index contributed by atoms with van der Waals surface area (Å²) in [5.41, 5.74) is -0.239. The molecule has 0 aliphatic rings. The highest BCUT2D eigenvalue weighted by Crippen LogP contribution is 2.46. The number of ether oxygens (including phenoxy) is 2. The Morgan fingerprint density at radius 3 is 1.64 bits per heavy atom. The zero-order chi connectivity index (χ0) is 31.2. The van der Waals surface area contributed by atoms with Crippen molar-refractivity contribution in [2.24, 2.45) is 0 Å². The smallest absolute Gasteiger partial charge is 0.343 e. The zero-order valence-electron chi connectivity index (χ0n) is 23.5. The van der Waals surface area contributed by atoms with E-state index in [-0.39, 0.29) is 23.3 Å². The SMILES string of the molecule is Cc1cccc(COC(=O)c2c(C(=O)c3ccccc3)c(O)c(O)c(OC(=O)c3ccccc3)c2C(=O)c2ccccc2)c1. The van der Waals surface area contributed by atoms with Crippen molar-refractivity contribution in [3.05, 3.63) is 160 Å². The number of rotatable bonds is 9. The molecule has 8 heteroatoms. The van der Waals surface area contributed by atoms with Crippen LogP contribution >= 0.6 is 0 Å². The summed E-state index contributed by atoms with van der Waals surface area (Å²) in [6.45, 7) is 1.63. The second kappa shape index (κ2) is 12.9. The van der Waals surface area contributed by atoms with Gasteiger partial charge in [0.25, 0.3) is 0 Å².